The molecular formula is C21H24N4. The summed E-state index contributed by atoms with van der Waals surface area (Å²) in [5.74, 6) is 2.09. The number of hydrogen-bond acceptors (Lipinski definition) is 3. The van der Waals surface area contributed by atoms with Crippen LogP contribution < -0.4 is 0 Å². The molecule has 0 aliphatic carbocycles. The van der Waals surface area contributed by atoms with E-state index in [-0.39, 0.29) is 0 Å². The molecule has 1 aromatic heterocycles. The summed E-state index contributed by atoms with van der Waals surface area (Å²) in [6.07, 6.45) is 2.05. The van der Waals surface area contributed by atoms with E-state index in [2.05, 4.69) is 75.1 Å². The number of aromatic nitrogens is 3. The second-order valence-electron chi connectivity index (χ2n) is 6.65. The molecule has 0 atom stereocenters. The number of rotatable bonds is 4. The van der Waals surface area contributed by atoms with Crippen LogP contribution >= 0.6 is 0 Å². The molecular weight excluding hydrogens is 308 g/mol. The quantitative estimate of drug-likeness (QED) is 0.732. The minimum Gasteiger partial charge on any atom is -0.310 e. The maximum absolute atomic E-state index is 4.44. The van der Waals surface area contributed by atoms with Crippen LogP contribution in [0.3, 0.4) is 0 Å². The normalized spacial score (nSPS) is 14.9. The van der Waals surface area contributed by atoms with Crippen LogP contribution in [0.1, 0.15) is 23.9 Å². The highest BCUT2D eigenvalue weighted by Crippen LogP contribution is 2.20. The van der Waals surface area contributed by atoms with Crippen molar-refractivity contribution in [3.8, 4) is 11.4 Å². The molecule has 1 aliphatic rings. The molecule has 1 aliphatic heterocycles. The predicted molar refractivity (Wildman–Crippen MR) is 100 cm³/mol. The molecule has 25 heavy (non-hydrogen) atoms. The van der Waals surface area contributed by atoms with Crippen LogP contribution in [0.4, 0.5) is 0 Å². The zero-order valence-electron chi connectivity index (χ0n) is 14.7. The zero-order valence-corrected chi connectivity index (χ0v) is 14.7. The molecule has 3 aromatic rings. The second-order valence-corrected chi connectivity index (χ2v) is 6.65. The van der Waals surface area contributed by atoms with Gasteiger partial charge in [-0.05, 0) is 17.5 Å². The lowest BCUT2D eigenvalue weighted by Gasteiger charge is -2.19. The SMILES string of the molecule is CCc1ccc(CN2CCc3nnc(-c4ccccc4)n3CC2)cc1. The van der Waals surface area contributed by atoms with Gasteiger partial charge in [0.25, 0.3) is 0 Å². The summed E-state index contributed by atoms with van der Waals surface area (Å²) in [6.45, 7) is 6.20. The summed E-state index contributed by atoms with van der Waals surface area (Å²) in [7, 11) is 0. The lowest BCUT2D eigenvalue weighted by molar-refractivity contribution is 0.271. The van der Waals surface area contributed by atoms with E-state index < -0.39 is 0 Å². The Kier molecular flexibility index (Phi) is 4.61. The van der Waals surface area contributed by atoms with Crippen molar-refractivity contribution in [2.45, 2.75) is 32.9 Å². The molecule has 4 nitrogen and oxygen atoms in total. The second kappa shape index (κ2) is 7.19. The molecule has 0 saturated carbocycles. The molecule has 2 heterocycles. The lowest BCUT2D eigenvalue weighted by Crippen LogP contribution is -2.26. The minimum atomic E-state index is 0.944. The molecule has 0 N–H and O–H groups in total. The standard InChI is InChI=1S/C21H24N4/c1-2-17-8-10-18(11-9-17)16-24-13-12-20-22-23-21(25(20)15-14-24)19-6-4-3-5-7-19/h3-11H,2,12-16H2,1H3. The van der Waals surface area contributed by atoms with E-state index in [1.807, 2.05) is 6.07 Å². The van der Waals surface area contributed by atoms with Crippen LogP contribution in [0.15, 0.2) is 54.6 Å². The van der Waals surface area contributed by atoms with Crippen molar-refractivity contribution in [3.63, 3.8) is 0 Å². The third-order valence-electron chi connectivity index (χ3n) is 4.99. The van der Waals surface area contributed by atoms with Crippen molar-refractivity contribution in [1.82, 2.24) is 19.7 Å². The molecule has 2 aromatic carbocycles. The highest BCUT2D eigenvalue weighted by Gasteiger charge is 2.19. The van der Waals surface area contributed by atoms with E-state index in [1.54, 1.807) is 0 Å². The molecule has 4 rings (SSSR count). The van der Waals surface area contributed by atoms with E-state index in [1.165, 1.54) is 11.1 Å². The summed E-state index contributed by atoms with van der Waals surface area (Å²) >= 11 is 0. The summed E-state index contributed by atoms with van der Waals surface area (Å²) < 4.78 is 2.29. The summed E-state index contributed by atoms with van der Waals surface area (Å²) in [4.78, 5) is 2.52. The average Bonchev–Trinajstić information content (AvgIpc) is 2.98. The van der Waals surface area contributed by atoms with Crippen LogP contribution in [0.5, 0.6) is 0 Å². The van der Waals surface area contributed by atoms with E-state index in [0.29, 0.717) is 0 Å². The zero-order chi connectivity index (χ0) is 17.1. The summed E-state index contributed by atoms with van der Waals surface area (Å²) in [6, 6.07) is 19.4. The lowest BCUT2D eigenvalue weighted by atomic mass is 10.1. The number of fused-ring (bicyclic) bond motifs is 1. The molecule has 0 spiro atoms. The Labute approximate surface area is 149 Å². The largest absolute Gasteiger partial charge is 0.310 e. The maximum atomic E-state index is 4.44. The van der Waals surface area contributed by atoms with Crippen LogP contribution in [0.2, 0.25) is 0 Å². The monoisotopic (exact) mass is 332 g/mol. The minimum absolute atomic E-state index is 0.944. The van der Waals surface area contributed by atoms with Crippen molar-refractivity contribution < 1.29 is 0 Å². The van der Waals surface area contributed by atoms with Crippen LogP contribution in [0, 0.1) is 0 Å². The van der Waals surface area contributed by atoms with E-state index in [0.717, 1.165) is 56.2 Å². The molecule has 0 saturated heterocycles. The third-order valence-corrected chi connectivity index (χ3v) is 4.99. The Balaban J connectivity index is 1.47. The first-order valence-electron chi connectivity index (χ1n) is 9.11. The Bertz CT molecular complexity index is 821. The number of benzene rings is 2. The van der Waals surface area contributed by atoms with Crippen LogP contribution in [-0.4, -0.2) is 32.8 Å². The van der Waals surface area contributed by atoms with Crippen molar-refractivity contribution in [3.05, 3.63) is 71.5 Å². The maximum Gasteiger partial charge on any atom is 0.164 e. The van der Waals surface area contributed by atoms with Gasteiger partial charge in [0, 0.05) is 38.2 Å². The van der Waals surface area contributed by atoms with Gasteiger partial charge in [-0.2, -0.15) is 0 Å². The van der Waals surface area contributed by atoms with Gasteiger partial charge in [0.05, 0.1) is 0 Å². The smallest absolute Gasteiger partial charge is 0.164 e. The predicted octanol–water partition coefficient (Wildman–Crippen LogP) is 3.57. The van der Waals surface area contributed by atoms with Crippen LogP contribution in [-0.2, 0) is 25.9 Å². The van der Waals surface area contributed by atoms with Gasteiger partial charge in [0.2, 0.25) is 0 Å². The summed E-state index contributed by atoms with van der Waals surface area (Å²) in [5.41, 5.74) is 3.93. The van der Waals surface area contributed by atoms with Gasteiger partial charge in [0.15, 0.2) is 5.82 Å². The van der Waals surface area contributed by atoms with Gasteiger partial charge >= 0.3 is 0 Å². The fraction of sp³-hybridized carbons (Fsp3) is 0.333. The molecule has 0 unspecified atom stereocenters. The van der Waals surface area contributed by atoms with Gasteiger partial charge < -0.3 is 4.57 Å². The van der Waals surface area contributed by atoms with Crippen molar-refractivity contribution in [2.75, 3.05) is 13.1 Å². The first-order valence-corrected chi connectivity index (χ1v) is 9.11. The summed E-state index contributed by atoms with van der Waals surface area (Å²) in [5, 5.41) is 8.88. The molecule has 0 amide bonds. The Hall–Kier alpha value is -2.46. The first-order chi connectivity index (χ1) is 12.3. The molecule has 0 radical (unpaired) electrons. The molecule has 0 bridgehead atoms. The Morgan fingerprint density at radius 2 is 1.60 bits per heavy atom. The van der Waals surface area contributed by atoms with Crippen LogP contribution in [0.25, 0.3) is 11.4 Å². The fourth-order valence-electron chi connectivity index (χ4n) is 3.46. The van der Waals surface area contributed by atoms with Crippen molar-refractivity contribution in [2.24, 2.45) is 0 Å². The van der Waals surface area contributed by atoms with Crippen molar-refractivity contribution in [1.29, 1.82) is 0 Å². The van der Waals surface area contributed by atoms with Gasteiger partial charge in [0.1, 0.15) is 5.82 Å². The molecule has 0 fully saturated rings. The third kappa shape index (κ3) is 3.49. The topological polar surface area (TPSA) is 34.0 Å². The van der Waals surface area contributed by atoms with E-state index in [9.17, 15) is 0 Å². The number of hydrogen-bond donors (Lipinski definition) is 0. The van der Waals surface area contributed by atoms with Gasteiger partial charge in [-0.3, -0.25) is 4.90 Å². The molecule has 4 heteroatoms. The van der Waals surface area contributed by atoms with Crippen molar-refractivity contribution >= 4 is 0 Å². The van der Waals surface area contributed by atoms with Gasteiger partial charge in [-0.15, -0.1) is 10.2 Å². The van der Waals surface area contributed by atoms with Gasteiger partial charge in [-0.25, -0.2) is 0 Å². The first kappa shape index (κ1) is 16.0. The Morgan fingerprint density at radius 1 is 0.840 bits per heavy atom. The van der Waals surface area contributed by atoms with E-state index in [4.69, 9.17) is 0 Å². The Morgan fingerprint density at radius 3 is 2.36 bits per heavy atom. The van der Waals surface area contributed by atoms with E-state index >= 15 is 0 Å². The number of nitrogens with zero attached hydrogens (tertiary/aromatic N) is 4. The molecule has 128 valence electrons. The van der Waals surface area contributed by atoms with Gasteiger partial charge in [-0.1, -0.05) is 61.5 Å². The fourth-order valence-corrected chi connectivity index (χ4v) is 3.46. The highest BCUT2D eigenvalue weighted by molar-refractivity contribution is 5.55. The average molecular weight is 332 g/mol. The number of aryl methyl sites for hydroxylation is 1. The highest BCUT2D eigenvalue weighted by atomic mass is 15.3.